The number of amides is 1. The van der Waals surface area contributed by atoms with Gasteiger partial charge in [0, 0.05) is 35.6 Å². The number of halogens is 1. The minimum absolute atomic E-state index is 0.124. The number of carbonyl (C=O) groups excluding carboxylic acids is 1. The van der Waals surface area contributed by atoms with E-state index in [0.29, 0.717) is 54.3 Å². The smallest absolute Gasteiger partial charge is 0.283 e. The molecule has 0 saturated heterocycles. The number of rotatable bonds is 8. The maximum Gasteiger partial charge on any atom is 0.283 e. The van der Waals surface area contributed by atoms with Gasteiger partial charge in [0.15, 0.2) is 9.96 Å². The lowest BCUT2D eigenvalue weighted by Gasteiger charge is -2.29. The van der Waals surface area contributed by atoms with Crippen molar-refractivity contribution in [2.45, 2.75) is 50.7 Å². The average molecular weight is 649 g/mol. The minimum atomic E-state index is -0.718. The van der Waals surface area contributed by atoms with E-state index in [2.05, 4.69) is 15.0 Å². The van der Waals surface area contributed by atoms with Gasteiger partial charge in [0.25, 0.3) is 17.2 Å². The molecule has 1 amide bonds. The monoisotopic (exact) mass is 648 g/mol. The highest BCUT2D eigenvalue weighted by atomic mass is 35.5. The van der Waals surface area contributed by atoms with Crippen molar-refractivity contribution in [3.8, 4) is 0 Å². The predicted molar refractivity (Wildman–Crippen MR) is 172 cm³/mol. The van der Waals surface area contributed by atoms with Crippen LogP contribution in [0.25, 0.3) is 6.08 Å². The number of hydrogen-bond acceptors (Lipinski definition) is 9. The highest BCUT2D eigenvalue weighted by molar-refractivity contribution is 7.99. The zero-order chi connectivity index (χ0) is 31.7. The van der Waals surface area contributed by atoms with Gasteiger partial charge in [-0.1, -0.05) is 41.1 Å². The fourth-order valence-corrected chi connectivity index (χ4v) is 7.20. The van der Waals surface area contributed by atoms with Gasteiger partial charge in [-0.3, -0.25) is 24.3 Å². The van der Waals surface area contributed by atoms with Gasteiger partial charge in [-0.15, -0.1) is 0 Å². The standard InChI is InChI=1S/C31H29ClN6O4S2/c1-6-36(7-2)29(40)26-19(5)35-31-37(27(26)21-9-11-22(32)12-10-21)28(39)25(44-31)16-20-8-13-24(23(15-20)38(41)42)43-30-33-17(3)14-18(4)34-30/h8-16,27H,6-7H2,1-5H3/b25-16-/t27-/m0/s1. The third-order valence-corrected chi connectivity index (χ3v) is 9.29. The number of aromatic nitrogens is 3. The maximum atomic E-state index is 14.0. The summed E-state index contributed by atoms with van der Waals surface area (Å²) in [5.74, 6) is -0.193. The lowest BCUT2D eigenvalue weighted by atomic mass is 9.94. The molecule has 0 unspecified atom stereocenters. The molecule has 2 aromatic carbocycles. The van der Waals surface area contributed by atoms with Gasteiger partial charge in [0.05, 0.1) is 31.7 Å². The molecule has 0 saturated carbocycles. The molecule has 0 radical (unpaired) electrons. The first-order valence-electron chi connectivity index (χ1n) is 13.9. The molecule has 0 spiro atoms. The number of nitro groups is 1. The van der Waals surface area contributed by atoms with Crippen molar-refractivity contribution in [2.24, 2.45) is 4.99 Å². The molecule has 0 N–H and O–H groups in total. The summed E-state index contributed by atoms with van der Waals surface area (Å²) in [5.41, 5.74) is 3.20. The molecular formula is C31H29ClN6O4S2. The Kier molecular flexibility index (Phi) is 9.14. The van der Waals surface area contributed by atoms with Crippen LogP contribution >= 0.6 is 34.7 Å². The van der Waals surface area contributed by atoms with E-state index in [1.54, 1.807) is 54.3 Å². The molecule has 5 rings (SSSR count). The summed E-state index contributed by atoms with van der Waals surface area (Å²) >= 11 is 8.45. The predicted octanol–water partition coefficient (Wildman–Crippen LogP) is 5.22. The fraction of sp³-hybridized carbons (Fsp3) is 0.258. The summed E-state index contributed by atoms with van der Waals surface area (Å²) in [6, 6.07) is 13.0. The zero-order valence-electron chi connectivity index (χ0n) is 24.7. The summed E-state index contributed by atoms with van der Waals surface area (Å²) in [5, 5.41) is 13.0. The molecule has 0 aliphatic carbocycles. The first-order valence-corrected chi connectivity index (χ1v) is 15.9. The van der Waals surface area contributed by atoms with Gasteiger partial charge in [0.2, 0.25) is 0 Å². The maximum absolute atomic E-state index is 14.0. The molecule has 1 aliphatic rings. The highest BCUT2D eigenvalue weighted by Gasteiger charge is 2.34. The Morgan fingerprint density at radius 1 is 1.09 bits per heavy atom. The summed E-state index contributed by atoms with van der Waals surface area (Å²) in [7, 11) is 0. The molecule has 0 bridgehead atoms. The van der Waals surface area contributed by atoms with Gasteiger partial charge < -0.3 is 4.90 Å². The average Bonchev–Trinajstić information content (AvgIpc) is 3.27. The molecule has 44 heavy (non-hydrogen) atoms. The second kappa shape index (κ2) is 12.8. The van der Waals surface area contributed by atoms with E-state index in [-0.39, 0.29) is 17.2 Å². The Balaban J connectivity index is 1.62. The van der Waals surface area contributed by atoms with Crippen molar-refractivity contribution in [1.29, 1.82) is 0 Å². The molecule has 4 aromatic rings. The first kappa shape index (κ1) is 31.3. The number of thiazole rings is 1. The number of carbonyl (C=O) groups is 1. The van der Waals surface area contributed by atoms with E-state index >= 15 is 0 Å². The number of aryl methyl sites for hydroxylation is 2. The number of nitrogens with zero attached hydrogens (tertiary/aromatic N) is 6. The number of allylic oxidation sites excluding steroid dienone is 1. The lowest BCUT2D eigenvalue weighted by Crippen LogP contribution is -2.43. The lowest BCUT2D eigenvalue weighted by molar-refractivity contribution is -0.387. The first-order chi connectivity index (χ1) is 21.0. The SMILES string of the molecule is CCN(CC)C(=O)C1=C(C)N=c2s/c(=C\c3ccc(Sc4nc(C)cc(C)n4)c([N+](=O)[O-])c3)c(=O)n2[C@H]1c1ccc(Cl)cc1. The summed E-state index contributed by atoms with van der Waals surface area (Å²) in [6.45, 7) is 10.3. The fourth-order valence-electron chi connectivity index (χ4n) is 5.08. The molecule has 3 heterocycles. The van der Waals surface area contributed by atoms with Crippen LogP contribution in [0.3, 0.4) is 0 Å². The van der Waals surface area contributed by atoms with Crippen LogP contribution in [-0.2, 0) is 4.79 Å². The van der Waals surface area contributed by atoms with Crippen molar-refractivity contribution in [3.05, 3.63) is 117 Å². The Hall–Kier alpha value is -4.13. The van der Waals surface area contributed by atoms with Crippen molar-refractivity contribution < 1.29 is 9.72 Å². The van der Waals surface area contributed by atoms with Gasteiger partial charge >= 0.3 is 0 Å². The van der Waals surface area contributed by atoms with Gasteiger partial charge in [-0.25, -0.2) is 15.0 Å². The summed E-state index contributed by atoms with van der Waals surface area (Å²) < 4.78 is 1.86. The van der Waals surface area contributed by atoms with Crippen LogP contribution in [0.5, 0.6) is 0 Å². The van der Waals surface area contributed by atoms with E-state index in [0.717, 1.165) is 28.7 Å². The highest BCUT2D eigenvalue weighted by Crippen LogP contribution is 2.35. The Morgan fingerprint density at radius 3 is 2.36 bits per heavy atom. The van der Waals surface area contributed by atoms with E-state index in [1.165, 1.54) is 22.0 Å². The number of likely N-dealkylation sites (N-methyl/N-ethyl adjacent to an activating group) is 1. The summed E-state index contributed by atoms with van der Waals surface area (Å²) in [4.78, 5) is 55.3. The topological polar surface area (TPSA) is 124 Å². The van der Waals surface area contributed by atoms with Crippen LogP contribution in [0, 0.1) is 24.0 Å². The third kappa shape index (κ3) is 6.23. The molecule has 2 aromatic heterocycles. The minimum Gasteiger partial charge on any atom is -0.339 e. The normalized spacial score (nSPS) is 14.8. The van der Waals surface area contributed by atoms with Crippen LogP contribution in [-0.4, -0.2) is 43.4 Å². The number of hydrogen-bond donors (Lipinski definition) is 0. The second-order valence-electron chi connectivity index (χ2n) is 10.1. The van der Waals surface area contributed by atoms with E-state index < -0.39 is 11.0 Å². The molecule has 226 valence electrons. The third-order valence-electron chi connectivity index (χ3n) is 7.13. The molecule has 0 fully saturated rings. The van der Waals surface area contributed by atoms with Crippen LogP contribution < -0.4 is 14.9 Å². The summed E-state index contributed by atoms with van der Waals surface area (Å²) in [6.07, 6.45) is 1.61. The van der Waals surface area contributed by atoms with E-state index in [4.69, 9.17) is 11.6 Å². The molecular weight excluding hydrogens is 620 g/mol. The quantitative estimate of drug-likeness (QED) is 0.146. The number of benzene rings is 2. The van der Waals surface area contributed by atoms with Crippen LogP contribution in [0.15, 0.2) is 79.6 Å². The van der Waals surface area contributed by atoms with E-state index in [1.807, 2.05) is 33.8 Å². The van der Waals surface area contributed by atoms with Crippen LogP contribution in [0.1, 0.15) is 49.3 Å². The van der Waals surface area contributed by atoms with Crippen LogP contribution in [0.4, 0.5) is 5.69 Å². The van der Waals surface area contributed by atoms with Crippen molar-refractivity contribution >= 4 is 52.4 Å². The van der Waals surface area contributed by atoms with Crippen LogP contribution in [0.2, 0.25) is 5.02 Å². The zero-order valence-corrected chi connectivity index (χ0v) is 27.1. The second-order valence-corrected chi connectivity index (χ2v) is 12.6. The van der Waals surface area contributed by atoms with Gasteiger partial charge in [-0.05, 0) is 87.8 Å². The van der Waals surface area contributed by atoms with E-state index in [9.17, 15) is 19.7 Å². The Labute approximate surface area is 266 Å². The molecule has 1 atom stereocenters. The Morgan fingerprint density at radius 2 is 1.75 bits per heavy atom. The Bertz CT molecular complexity index is 1980. The number of nitro benzene ring substituents is 1. The molecule has 1 aliphatic heterocycles. The van der Waals surface area contributed by atoms with Gasteiger partial charge in [-0.2, -0.15) is 0 Å². The van der Waals surface area contributed by atoms with Crippen molar-refractivity contribution in [3.63, 3.8) is 0 Å². The number of fused-ring (bicyclic) bond motifs is 1. The van der Waals surface area contributed by atoms with Gasteiger partial charge in [0.1, 0.15) is 0 Å². The van der Waals surface area contributed by atoms with Crippen molar-refractivity contribution in [1.82, 2.24) is 19.4 Å². The van der Waals surface area contributed by atoms with Crippen molar-refractivity contribution in [2.75, 3.05) is 13.1 Å². The molecule has 10 nitrogen and oxygen atoms in total. The molecule has 13 heteroatoms. The largest absolute Gasteiger partial charge is 0.339 e.